The molecule has 0 spiro atoms. The van der Waals surface area contributed by atoms with Gasteiger partial charge in [0, 0.05) is 18.9 Å². The van der Waals surface area contributed by atoms with E-state index < -0.39 is 10.1 Å². The van der Waals surface area contributed by atoms with E-state index in [1.807, 2.05) is 0 Å². The van der Waals surface area contributed by atoms with Gasteiger partial charge >= 0.3 is 0 Å². The Morgan fingerprint density at radius 2 is 1.62 bits per heavy atom. The Kier molecular flexibility index (Phi) is 11.4. The van der Waals surface area contributed by atoms with Crippen LogP contribution < -0.4 is 0 Å². The van der Waals surface area contributed by atoms with Gasteiger partial charge in [-0.25, -0.2) is 0 Å². The molecule has 0 aliphatic carbocycles. The summed E-state index contributed by atoms with van der Waals surface area (Å²) in [5.41, 5.74) is 1.51. The zero-order valence-corrected chi connectivity index (χ0v) is 14.5. The van der Waals surface area contributed by atoms with E-state index in [0.29, 0.717) is 6.26 Å². The van der Waals surface area contributed by atoms with Crippen molar-refractivity contribution in [1.29, 1.82) is 0 Å². The highest BCUT2D eigenvalue weighted by atomic mass is 32.2. The molecule has 0 atom stereocenters. The van der Waals surface area contributed by atoms with Gasteiger partial charge in [0.1, 0.15) is 0 Å². The fourth-order valence-corrected chi connectivity index (χ4v) is 2.06. The van der Waals surface area contributed by atoms with Gasteiger partial charge in [-0.3, -0.25) is 4.55 Å². The second-order valence-corrected chi connectivity index (χ2v) is 6.97. The molecule has 0 aliphatic rings. The molecule has 0 saturated heterocycles. The van der Waals surface area contributed by atoms with Crippen molar-refractivity contribution in [1.82, 2.24) is 4.57 Å². The Morgan fingerprint density at radius 1 is 1.05 bits per heavy atom. The summed E-state index contributed by atoms with van der Waals surface area (Å²) < 4.78 is 28.2. The lowest BCUT2D eigenvalue weighted by molar-refractivity contribution is 0.490. The van der Waals surface area contributed by atoms with Crippen LogP contribution >= 0.6 is 0 Å². The third-order valence-electron chi connectivity index (χ3n) is 3.15. The Morgan fingerprint density at radius 3 is 2.19 bits per heavy atom. The van der Waals surface area contributed by atoms with Crippen LogP contribution in [0.5, 0.6) is 0 Å². The summed E-state index contributed by atoms with van der Waals surface area (Å²) in [6, 6.07) is 2.28. The molecule has 0 unspecified atom stereocenters. The molecular weight excluding hydrogens is 286 g/mol. The molecule has 5 heteroatoms. The van der Waals surface area contributed by atoms with E-state index in [0.717, 1.165) is 0 Å². The first kappa shape index (κ1) is 20.2. The second-order valence-electron chi connectivity index (χ2n) is 5.51. The maximum absolute atomic E-state index is 9.19. The molecule has 0 aromatic carbocycles. The van der Waals surface area contributed by atoms with Crippen molar-refractivity contribution in [3.8, 4) is 0 Å². The first-order valence-electron chi connectivity index (χ1n) is 7.94. The van der Waals surface area contributed by atoms with Crippen molar-refractivity contribution in [3.05, 3.63) is 24.0 Å². The van der Waals surface area contributed by atoms with Gasteiger partial charge in [0.15, 0.2) is 0 Å². The fraction of sp³-hybridized carbons (Fsp3) is 0.750. The highest BCUT2D eigenvalue weighted by molar-refractivity contribution is 7.85. The molecule has 1 N–H and O–H groups in total. The zero-order valence-electron chi connectivity index (χ0n) is 13.7. The number of hydrogen-bond donors (Lipinski definition) is 1. The minimum absolute atomic E-state index is 0.715. The van der Waals surface area contributed by atoms with E-state index in [1.54, 1.807) is 0 Å². The summed E-state index contributed by atoms with van der Waals surface area (Å²) in [4.78, 5) is 0. The molecule has 1 rings (SSSR count). The van der Waals surface area contributed by atoms with E-state index in [4.69, 9.17) is 4.55 Å². The largest absolute Gasteiger partial charge is 0.354 e. The molecule has 0 saturated carbocycles. The molecule has 0 bridgehead atoms. The van der Waals surface area contributed by atoms with Gasteiger partial charge < -0.3 is 4.57 Å². The summed E-state index contributed by atoms with van der Waals surface area (Å²) in [5, 5.41) is 0. The van der Waals surface area contributed by atoms with E-state index in [1.165, 1.54) is 63.5 Å². The number of unbranched alkanes of at least 4 members (excludes halogenated alkanes) is 5. The first-order chi connectivity index (χ1) is 9.86. The van der Waals surface area contributed by atoms with Crippen LogP contribution in [-0.2, 0) is 23.1 Å². The van der Waals surface area contributed by atoms with Crippen LogP contribution in [0.3, 0.4) is 0 Å². The average molecular weight is 317 g/mol. The molecule has 1 aromatic heterocycles. The molecule has 0 fully saturated rings. The SMILES string of the molecule is CCCCCCCn1ccc(CCCC)c1.CS(=O)(=O)O. The first-order valence-corrected chi connectivity index (χ1v) is 9.78. The molecule has 1 heterocycles. The Hall–Kier alpha value is -0.810. The van der Waals surface area contributed by atoms with Crippen LogP contribution in [0.1, 0.15) is 64.4 Å². The Bertz CT molecular complexity index is 444. The van der Waals surface area contributed by atoms with Crippen LogP contribution in [0.2, 0.25) is 0 Å². The molecule has 21 heavy (non-hydrogen) atoms. The van der Waals surface area contributed by atoms with Gasteiger partial charge in [-0.05, 0) is 30.9 Å². The second kappa shape index (κ2) is 11.8. The van der Waals surface area contributed by atoms with E-state index >= 15 is 0 Å². The Balaban J connectivity index is 0.000000690. The maximum atomic E-state index is 9.19. The molecule has 0 radical (unpaired) electrons. The predicted molar refractivity (Wildman–Crippen MR) is 89.3 cm³/mol. The molecular formula is C16H31NO3S. The monoisotopic (exact) mass is 317 g/mol. The lowest BCUT2D eigenvalue weighted by atomic mass is 10.1. The molecule has 0 aliphatic heterocycles. The van der Waals surface area contributed by atoms with Gasteiger partial charge in [0.25, 0.3) is 10.1 Å². The van der Waals surface area contributed by atoms with Crippen LogP contribution in [0.4, 0.5) is 0 Å². The topological polar surface area (TPSA) is 59.3 Å². The van der Waals surface area contributed by atoms with E-state index in [2.05, 4.69) is 36.9 Å². The van der Waals surface area contributed by atoms with E-state index in [-0.39, 0.29) is 0 Å². The lowest BCUT2D eigenvalue weighted by Gasteiger charge is -2.02. The summed E-state index contributed by atoms with van der Waals surface area (Å²) in [5.74, 6) is 0. The summed E-state index contributed by atoms with van der Waals surface area (Å²) in [6.45, 7) is 5.73. The van der Waals surface area contributed by atoms with Crippen LogP contribution in [0.15, 0.2) is 18.5 Å². The maximum Gasteiger partial charge on any atom is 0.261 e. The molecule has 4 nitrogen and oxygen atoms in total. The number of nitrogens with zero attached hydrogens (tertiary/aromatic N) is 1. The predicted octanol–water partition coefficient (Wildman–Crippen LogP) is 4.31. The van der Waals surface area contributed by atoms with Crippen molar-refractivity contribution < 1.29 is 13.0 Å². The van der Waals surface area contributed by atoms with Gasteiger partial charge in [-0.15, -0.1) is 0 Å². The average Bonchev–Trinajstić information content (AvgIpc) is 2.82. The van der Waals surface area contributed by atoms with Crippen molar-refractivity contribution in [2.45, 2.75) is 71.8 Å². The highest BCUT2D eigenvalue weighted by Crippen LogP contribution is 2.09. The normalized spacial score (nSPS) is 11.0. The Labute approximate surface area is 130 Å². The summed E-state index contributed by atoms with van der Waals surface area (Å²) in [7, 11) is -3.67. The lowest BCUT2D eigenvalue weighted by Crippen LogP contribution is -1.94. The molecule has 1 aromatic rings. The van der Waals surface area contributed by atoms with Crippen molar-refractivity contribution in [2.24, 2.45) is 0 Å². The van der Waals surface area contributed by atoms with Crippen molar-refractivity contribution >= 4 is 10.1 Å². The van der Waals surface area contributed by atoms with Gasteiger partial charge in [0.05, 0.1) is 6.26 Å². The minimum Gasteiger partial charge on any atom is -0.354 e. The van der Waals surface area contributed by atoms with Crippen LogP contribution in [0.25, 0.3) is 0 Å². The summed E-state index contributed by atoms with van der Waals surface area (Å²) in [6.07, 6.45) is 16.0. The smallest absolute Gasteiger partial charge is 0.261 e. The number of aryl methyl sites for hydroxylation is 2. The summed E-state index contributed by atoms with van der Waals surface area (Å²) >= 11 is 0. The highest BCUT2D eigenvalue weighted by Gasteiger charge is 1.96. The number of aromatic nitrogens is 1. The minimum atomic E-state index is -3.67. The van der Waals surface area contributed by atoms with Gasteiger partial charge in [-0.1, -0.05) is 46.0 Å². The quantitative estimate of drug-likeness (QED) is 0.545. The van der Waals surface area contributed by atoms with Gasteiger partial charge in [0.2, 0.25) is 0 Å². The molecule has 0 amide bonds. The molecule has 124 valence electrons. The van der Waals surface area contributed by atoms with E-state index in [9.17, 15) is 8.42 Å². The van der Waals surface area contributed by atoms with Crippen molar-refractivity contribution in [2.75, 3.05) is 6.26 Å². The third-order valence-corrected chi connectivity index (χ3v) is 3.15. The van der Waals surface area contributed by atoms with Crippen LogP contribution in [-0.4, -0.2) is 23.8 Å². The number of rotatable bonds is 9. The number of hydrogen-bond acceptors (Lipinski definition) is 2. The van der Waals surface area contributed by atoms with Gasteiger partial charge in [-0.2, -0.15) is 8.42 Å². The third kappa shape index (κ3) is 15.4. The zero-order chi connectivity index (χ0) is 16.1. The van der Waals surface area contributed by atoms with Crippen LogP contribution in [0, 0.1) is 0 Å². The standard InChI is InChI=1S/C15H27N.CH4O3S/c1-3-5-7-8-9-12-16-13-11-15(14-16)10-6-4-2;1-5(2,3)4/h11,13-14H,3-10,12H2,1-2H3;1H3,(H,2,3,4). The fourth-order valence-electron chi connectivity index (χ4n) is 2.06. The van der Waals surface area contributed by atoms with Crippen molar-refractivity contribution in [3.63, 3.8) is 0 Å².